The van der Waals surface area contributed by atoms with E-state index in [1.807, 2.05) is 30.3 Å². The van der Waals surface area contributed by atoms with Crippen molar-refractivity contribution in [1.82, 2.24) is 9.97 Å². The van der Waals surface area contributed by atoms with Gasteiger partial charge in [0.1, 0.15) is 23.1 Å². The number of halogens is 2. The van der Waals surface area contributed by atoms with Crippen LogP contribution >= 0.6 is 0 Å². The number of nitrogens with zero attached hydrogens (tertiary/aromatic N) is 2. The van der Waals surface area contributed by atoms with Crippen LogP contribution in [-0.2, 0) is 0 Å². The number of hydrogen-bond acceptors (Lipinski definition) is 4. The molecule has 120 valence electrons. The average molecular weight is 326 g/mol. The van der Waals surface area contributed by atoms with Crippen molar-refractivity contribution >= 4 is 23.1 Å². The fraction of sp³-hybridized carbons (Fsp3) is 0. The maximum atomic E-state index is 13.5. The van der Waals surface area contributed by atoms with E-state index in [4.69, 9.17) is 0 Å². The quantitative estimate of drug-likeness (QED) is 0.766. The predicted molar refractivity (Wildman–Crippen MR) is 86.1 cm³/mol. The van der Waals surface area contributed by atoms with E-state index in [-0.39, 0.29) is 11.4 Å². The molecule has 0 aliphatic carbocycles. The third-order valence-corrected chi connectivity index (χ3v) is 3.11. The van der Waals surface area contributed by atoms with Crippen molar-refractivity contribution in [2.24, 2.45) is 0 Å². The van der Waals surface area contributed by atoms with Gasteiger partial charge in [0.15, 0.2) is 0 Å². The number of nitrogens with one attached hydrogen (secondary N) is 2. The second kappa shape index (κ2) is 6.82. The number of aromatic nitrogens is 2. The highest BCUT2D eigenvalue weighted by molar-refractivity contribution is 6.02. The van der Waals surface area contributed by atoms with Gasteiger partial charge >= 0.3 is 0 Å². The molecule has 0 bridgehead atoms. The lowest BCUT2D eigenvalue weighted by molar-refractivity contribution is 0.102. The minimum absolute atomic E-state index is 0.0114. The zero-order valence-corrected chi connectivity index (χ0v) is 12.3. The number of para-hydroxylation sites is 1. The van der Waals surface area contributed by atoms with Gasteiger partial charge in [0.25, 0.3) is 5.91 Å². The van der Waals surface area contributed by atoms with Crippen LogP contribution in [0.2, 0.25) is 0 Å². The molecule has 0 saturated heterocycles. The molecule has 0 unspecified atom stereocenters. The number of amides is 1. The van der Waals surface area contributed by atoms with Crippen molar-refractivity contribution < 1.29 is 13.6 Å². The fourth-order valence-electron chi connectivity index (χ4n) is 1.96. The highest BCUT2D eigenvalue weighted by Gasteiger charge is 2.12. The summed E-state index contributed by atoms with van der Waals surface area (Å²) in [4.78, 5) is 20.1. The van der Waals surface area contributed by atoms with Gasteiger partial charge in [-0.1, -0.05) is 18.2 Å². The van der Waals surface area contributed by atoms with Crippen LogP contribution in [0.25, 0.3) is 0 Å². The Hall–Kier alpha value is -3.35. The van der Waals surface area contributed by atoms with E-state index in [0.717, 1.165) is 17.8 Å². The van der Waals surface area contributed by atoms with Gasteiger partial charge in [-0.3, -0.25) is 4.79 Å². The maximum absolute atomic E-state index is 13.5. The lowest BCUT2D eigenvalue weighted by atomic mass is 10.3. The van der Waals surface area contributed by atoms with Gasteiger partial charge in [0.05, 0.1) is 18.1 Å². The molecule has 0 fully saturated rings. The van der Waals surface area contributed by atoms with Crippen molar-refractivity contribution in [3.63, 3.8) is 0 Å². The fourth-order valence-corrected chi connectivity index (χ4v) is 1.96. The Labute approximate surface area is 136 Å². The van der Waals surface area contributed by atoms with E-state index in [9.17, 15) is 13.6 Å². The Morgan fingerprint density at radius 1 is 0.958 bits per heavy atom. The Bertz CT molecular complexity index is 854. The van der Waals surface area contributed by atoms with Gasteiger partial charge in [-0.05, 0) is 24.3 Å². The molecule has 1 amide bonds. The molecule has 0 radical (unpaired) electrons. The van der Waals surface area contributed by atoms with Crippen LogP contribution < -0.4 is 10.6 Å². The molecule has 5 nitrogen and oxygen atoms in total. The normalized spacial score (nSPS) is 10.2. The summed E-state index contributed by atoms with van der Waals surface area (Å²) >= 11 is 0. The zero-order chi connectivity index (χ0) is 16.9. The van der Waals surface area contributed by atoms with E-state index in [1.54, 1.807) is 0 Å². The Morgan fingerprint density at radius 2 is 1.75 bits per heavy atom. The number of carbonyl (C=O) groups is 1. The topological polar surface area (TPSA) is 66.9 Å². The number of benzene rings is 2. The molecule has 1 aromatic heterocycles. The standard InChI is InChI=1S/C17H12F2N4O/c18-11-6-7-14(13(19)8-11)23-17(24)15-9-21-16(10-20-15)22-12-4-2-1-3-5-12/h1-10H,(H,21,22)(H,23,24). The summed E-state index contributed by atoms with van der Waals surface area (Å²) in [6, 6.07) is 12.2. The lowest BCUT2D eigenvalue weighted by Crippen LogP contribution is -2.15. The molecule has 0 atom stereocenters. The van der Waals surface area contributed by atoms with Crippen molar-refractivity contribution in [3.8, 4) is 0 Å². The summed E-state index contributed by atoms with van der Waals surface area (Å²) in [5, 5.41) is 5.35. The van der Waals surface area contributed by atoms with Crippen LogP contribution in [0.5, 0.6) is 0 Å². The average Bonchev–Trinajstić information content (AvgIpc) is 2.59. The van der Waals surface area contributed by atoms with Gasteiger partial charge in [-0.2, -0.15) is 0 Å². The molecule has 3 rings (SSSR count). The summed E-state index contributed by atoms with van der Waals surface area (Å²) in [7, 11) is 0. The molecule has 1 heterocycles. The second-order valence-corrected chi connectivity index (χ2v) is 4.86. The number of anilines is 3. The summed E-state index contributed by atoms with van der Waals surface area (Å²) < 4.78 is 26.4. The number of carbonyl (C=O) groups excluding carboxylic acids is 1. The largest absolute Gasteiger partial charge is 0.339 e. The van der Waals surface area contributed by atoms with Gasteiger partial charge < -0.3 is 10.6 Å². The van der Waals surface area contributed by atoms with E-state index < -0.39 is 17.5 Å². The van der Waals surface area contributed by atoms with E-state index in [1.165, 1.54) is 12.4 Å². The van der Waals surface area contributed by atoms with Crippen molar-refractivity contribution in [2.45, 2.75) is 0 Å². The first-order valence-corrected chi connectivity index (χ1v) is 7.02. The number of hydrogen-bond donors (Lipinski definition) is 2. The molecular formula is C17H12F2N4O. The molecule has 2 N–H and O–H groups in total. The second-order valence-electron chi connectivity index (χ2n) is 4.86. The summed E-state index contributed by atoms with van der Waals surface area (Å²) in [6.45, 7) is 0. The van der Waals surface area contributed by atoms with E-state index in [2.05, 4.69) is 20.6 Å². The number of rotatable bonds is 4. The Kier molecular flexibility index (Phi) is 4.42. The first-order chi connectivity index (χ1) is 11.6. The van der Waals surface area contributed by atoms with Gasteiger partial charge in [-0.15, -0.1) is 0 Å². The molecule has 0 aliphatic rings. The third kappa shape index (κ3) is 3.70. The van der Waals surface area contributed by atoms with Crippen molar-refractivity contribution in [2.75, 3.05) is 10.6 Å². The molecule has 7 heteroatoms. The summed E-state index contributed by atoms with van der Waals surface area (Å²) in [5.41, 5.74) is 0.712. The van der Waals surface area contributed by atoms with Gasteiger partial charge in [0.2, 0.25) is 0 Å². The van der Waals surface area contributed by atoms with Crippen LogP contribution in [0.3, 0.4) is 0 Å². The Balaban J connectivity index is 1.69. The van der Waals surface area contributed by atoms with Gasteiger partial charge in [-0.25, -0.2) is 18.7 Å². The molecule has 0 aliphatic heterocycles. The van der Waals surface area contributed by atoms with Crippen LogP contribution in [0, 0.1) is 11.6 Å². The van der Waals surface area contributed by atoms with Crippen LogP contribution in [-0.4, -0.2) is 15.9 Å². The Morgan fingerprint density at radius 3 is 2.42 bits per heavy atom. The molecule has 3 aromatic rings. The molecule has 2 aromatic carbocycles. The lowest BCUT2D eigenvalue weighted by Gasteiger charge is -2.07. The first-order valence-electron chi connectivity index (χ1n) is 7.02. The summed E-state index contributed by atoms with van der Waals surface area (Å²) in [6.07, 6.45) is 2.66. The SMILES string of the molecule is O=C(Nc1ccc(F)cc1F)c1cnc(Nc2ccccc2)cn1. The first kappa shape index (κ1) is 15.5. The summed E-state index contributed by atoms with van der Waals surface area (Å²) in [5.74, 6) is -1.76. The maximum Gasteiger partial charge on any atom is 0.275 e. The van der Waals surface area contributed by atoms with E-state index in [0.29, 0.717) is 11.9 Å². The highest BCUT2D eigenvalue weighted by atomic mass is 19.1. The van der Waals surface area contributed by atoms with Crippen LogP contribution in [0.1, 0.15) is 10.5 Å². The minimum Gasteiger partial charge on any atom is -0.339 e. The monoisotopic (exact) mass is 326 g/mol. The van der Waals surface area contributed by atoms with Crippen molar-refractivity contribution in [3.05, 3.63) is 78.3 Å². The molecule has 24 heavy (non-hydrogen) atoms. The predicted octanol–water partition coefficient (Wildman–Crippen LogP) is 3.75. The minimum atomic E-state index is -0.862. The zero-order valence-electron chi connectivity index (χ0n) is 12.3. The van der Waals surface area contributed by atoms with Gasteiger partial charge in [0, 0.05) is 11.8 Å². The highest BCUT2D eigenvalue weighted by Crippen LogP contribution is 2.16. The van der Waals surface area contributed by atoms with Crippen molar-refractivity contribution in [1.29, 1.82) is 0 Å². The smallest absolute Gasteiger partial charge is 0.275 e. The van der Waals surface area contributed by atoms with Crippen LogP contribution in [0.4, 0.5) is 26.0 Å². The molecular weight excluding hydrogens is 314 g/mol. The third-order valence-electron chi connectivity index (χ3n) is 3.11. The van der Waals surface area contributed by atoms with E-state index >= 15 is 0 Å². The molecule has 0 saturated carbocycles. The van der Waals surface area contributed by atoms with Crippen LogP contribution in [0.15, 0.2) is 60.9 Å². The molecule has 0 spiro atoms.